The van der Waals surface area contributed by atoms with Crippen molar-refractivity contribution in [2.75, 3.05) is 11.4 Å². The molecule has 19 heavy (non-hydrogen) atoms. The molecule has 3 rings (SSSR count). The largest absolute Gasteiger partial charge is 0.326 e. The maximum Gasteiger partial charge on any atom is 0.133 e. The summed E-state index contributed by atoms with van der Waals surface area (Å²) in [7, 11) is 0. The number of hydrogen-bond donors (Lipinski definition) is 1. The van der Waals surface area contributed by atoms with Gasteiger partial charge in [0.25, 0.3) is 0 Å². The molecule has 1 aliphatic heterocycles. The van der Waals surface area contributed by atoms with Crippen LogP contribution in [0.15, 0.2) is 36.4 Å². The molecule has 1 aromatic carbocycles. The Morgan fingerprint density at radius 1 is 1.21 bits per heavy atom. The van der Waals surface area contributed by atoms with Gasteiger partial charge < -0.3 is 10.6 Å². The number of nitrogens with two attached hydrogens (primary N) is 1. The van der Waals surface area contributed by atoms with E-state index in [9.17, 15) is 0 Å². The Bertz CT molecular complexity index is 592. The molecule has 0 aliphatic carbocycles. The minimum absolute atomic E-state index is 0.551. The fourth-order valence-corrected chi connectivity index (χ4v) is 2.71. The van der Waals surface area contributed by atoms with E-state index in [1.165, 1.54) is 17.7 Å². The predicted molar refractivity (Wildman–Crippen MR) is 78.6 cm³/mol. The number of aryl methyl sites for hydroxylation is 2. The molecule has 0 unspecified atom stereocenters. The second-order valence-electron chi connectivity index (χ2n) is 5.00. The molecule has 2 N–H and O–H groups in total. The van der Waals surface area contributed by atoms with Gasteiger partial charge in [0.05, 0.1) is 0 Å². The summed E-state index contributed by atoms with van der Waals surface area (Å²) in [6.45, 7) is 3.61. The predicted octanol–water partition coefficient (Wildman–Crippen LogP) is 2.93. The van der Waals surface area contributed by atoms with Gasteiger partial charge in [-0.2, -0.15) is 0 Å². The fraction of sp³-hybridized carbons (Fsp3) is 0.312. The van der Waals surface area contributed by atoms with Gasteiger partial charge in [-0.1, -0.05) is 24.3 Å². The van der Waals surface area contributed by atoms with Gasteiger partial charge in [0.1, 0.15) is 5.82 Å². The molecule has 0 fully saturated rings. The van der Waals surface area contributed by atoms with Crippen LogP contribution in [0.2, 0.25) is 0 Å². The topological polar surface area (TPSA) is 42.2 Å². The Balaban J connectivity index is 2.02. The van der Waals surface area contributed by atoms with Gasteiger partial charge in [-0.05, 0) is 43.0 Å². The monoisotopic (exact) mass is 253 g/mol. The Morgan fingerprint density at radius 2 is 2.05 bits per heavy atom. The summed E-state index contributed by atoms with van der Waals surface area (Å²) in [5.74, 6) is 1.03. The first-order chi connectivity index (χ1) is 9.29. The van der Waals surface area contributed by atoms with E-state index in [0.717, 1.165) is 30.0 Å². The van der Waals surface area contributed by atoms with E-state index in [2.05, 4.69) is 41.3 Å². The molecule has 1 aliphatic rings. The van der Waals surface area contributed by atoms with Crippen molar-refractivity contribution >= 4 is 11.5 Å². The molecule has 0 amide bonds. The number of aromatic nitrogens is 1. The standard InChI is InChI=1S/C16H19N3/c1-12-14(11-17)8-9-16(18-12)19-10-4-6-13-5-2-3-7-15(13)19/h2-3,5,7-9H,4,6,10-11,17H2,1H3. The lowest BCUT2D eigenvalue weighted by molar-refractivity contribution is 0.757. The van der Waals surface area contributed by atoms with Crippen LogP contribution in [0.25, 0.3) is 0 Å². The highest BCUT2D eigenvalue weighted by Gasteiger charge is 2.18. The summed E-state index contributed by atoms with van der Waals surface area (Å²) in [4.78, 5) is 7.02. The molecule has 2 aromatic rings. The summed E-state index contributed by atoms with van der Waals surface area (Å²) >= 11 is 0. The average Bonchev–Trinajstić information content (AvgIpc) is 2.46. The van der Waals surface area contributed by atoms with Crippen LogP contribution in [0.5, 0.6) is 0 Å². The van der Waals surface area contributed by atoms with Crippen molar-refractivity contribution in [1.82, 2.24) is 4.98 Å². The van der Waals surface area contributed by atoms with Crippen LogP contribution in [0, 0.1) is 6.92 Å². The van der Waals surface area contributed by atoms with Gasteiger partial charge in [0.15, 0.2) is 0 Å². The van der Waals surface area contributed by atoms with E-state index in [0.29, 0.717) is 6.54 Å². The van der Waals surface area contributed by atoms with E-state index in [1.807, 2.05) is 6.92 Å². The molecule has 1 aromatic heterocycles. The highest BCUT2D eigenvalue weighted by Crippen LogP contribution is 2.32. The van der Waals surface area contributed by atoms with Crippen LogP contribution >= 0.6 is 0 Å². The maximum absolute atomic E-state index is 5.70. The van der Waals surface area contributed by atoms with Crippen LogP contribution in [0.4, 0.5) is 11.5 Å². The number of hydrogen-bond acceptors (Lipinski definition) is 3. The van der Waals surface area contributed by atoms with E-state index >= 15 is 0 Å². The second-order valence-corrected chi connectivity index (χ2v) is 5.00. The lowest BCUT2D eigenvalue weighted by Gasteiger charge is -2.30. The maximum atomic E-state index is 5.70. The molecule has 0 atom stereocenters. The van der Waals surface area contributed by atoms with Gasteiger partial charge in [-0.3, -0.25) is 0 Å². The summed E-state index contributed by atoms with van der Waals surface area (Å²) in [5.41, 5.74) is 10.6. The summed E-state index contributed by atoms with van der Waals surface area (Å²) in [6.07, 6.45) is 2.34. The number of para-hydroxylation sites is 1. The Morgan fingerprint density at radius 3 is 2.84 bits per heavy atom. The molecule has 3 heteroatoms. The zero-order valence-corrected chi connectivity index (χ0v) is 11.3. The molecule has 0 bridgehead atoms. The molecule has 0 spiro atoms. The van der Waals surface area contributed by atoms with Crippen LogP contribution in [-0.4, -0.2) is 11.5 Å². The van der Waals surface area contributed by atoms with E-state index in [1.54, 1.807) is 0 Å². The molecule has 0 radical (unpaired) electrons. The molecular formula is C16H19N3. The minimum Gasteiger partial charge on any atom is -0.326 e. The van der Waals surface area contributed by atoms with Gasteiger partial charge in [-0.25, -0.2) is 4.98 Å². The highest BCUT2D eigenvalue weighted by atomic mass is 15.2. The van der Waals surface area contributed by atoms with Gasteiger partial charge in [-0.15, -0.1) is 0 Å². The van der Waals surface area contributed by atoms with Crippen LogP contribution in [-0.2, 0) is 13.0 Å². The van der Waals surface area contributed by atoms with E-state index in [4.69, 9.17) is 10.7 Å². The highest BCUT2D eigenvalue weighted by molar-refractivity contribution is 5.65. The fourth-order valence-electron chi connectivity index (χ4n) is 2.71. The van der Waals surface area contributed by atoms with Crippen molar-refractivity contribution < 1.29 is 0 Å². The molecule has 98 valence electrons. The van der Waals surface area contributed by atoms with Crippen molar-refractivity contribution in [3.05, 3.63) is 53.2 Å². The Kier molecular flexibility index (Phi) is 3.22. The zero-order chi connectivity index (χ0) is 13.2. The lowest BCUT2D eigenvalue weighted by Crippen LogP contribution is -2.25. The van der Waals surface area contributed by atoms with Crippen LogP contribution < -0.4 is 10.6 Å². The lowest BCUT2D eigenvalue weighted by atomic mass is 10.0. The number of pyridine rings is 1. The number of fused-ring (bicyclic) bond motifs is 1. The zero-order valence-electron chi connectivity index (χ0n) is 11.3. The second kappa shape index (κ2) is 5.02. The molecule has 0 saturated heterocycles. The third-order valence-corrected chi connectivity index (χ3v) is 3.79. The normalized spacial score (nSPS) is 14.3. The van der Waals surface area contributed by atoms with Gasteiger partial charge >= 0.3 is 0 Å². The number of nitrogens with zero attached hydrogens (tertiary/aromatic N) is 2. The first kappa shape index (κ1) is 12.2. The average molecular weight is 253 g/mol. The van der Waals surface area contributed by atoms with Gasteiger partial charge in [0, 0.05) is 24.5 Å². The molecule has 2 heterocycles. The molecule has 0 saturated carbocycles. The number of benzene rings is 1. The van der Waals surface area contributed by atoms with Crippen LogP contribution in [0.3, 0.4) is 0 Å². The van der Waals surface area contributed by atoms with Crippen molar-refractivity contribution in [3.63, 3.8) is 0 Å². The first-order valence-electron chi connectivity index (χ1n) is 6.81. The van der Waals surface area contributed by atoms with Crippen molar-refractivity contribution in [3.8, 4) is 0 Å². The van der Waals surface area contributed by atoms with Crippen molar-refractivity contribution in [2.45, 2.75) is 26.3 Å². The number of rotatable bonds is 2. The first-order valence-corrected chi connectivity index (χ1v) is 6.81. The van der Waals surface area contributed by atoms with Crippen molar-refractivity contribution in [1.29, 1.82) is 0 Å². The third-order valence-electron chi connectivity index (χ3n) is 3.79. The van der Waals surface area contributed by atoms with Crippen molar-refractivity contribution in [2.24, 2.45) is 5.73 Å². The van der Waals surface area contributed by atoms with E-state index in [-0.39, 0.29) is 0 Å². The third kappa shape index (κ3) is 2.22. The summed E-state index contributed by atoms with van der Waals surface area (Å²) in [5, 5.41) is 0. The number of anilines is 2. The Hall–Kier alpha value is -1.87. The SMILES string of the molecule is Cc1nc(N2CCCc3ccccc32)ccc1CN. The quantitative estimate of drug-likeness (QED) is 0.894. The van der Waals surface area contributed by atoms with Crippen LogP contribution in [0.1, 0.15) is 23.2 Å². The van der Waals surface area contributed by atoms with E-state index < -0.39 is 0 Å². The van der Waals surface area contributed by atoms with Gasteiger partial charge in [0.2, 0.25) is 0 Å². The summed E-state index contributed by atoms with van der Waals surface area (Å²) in [6, 6.07) is 12.8. The molecule has 3 nitrogen and oxygen atoms in total. The summed E-state index contributed by atoms with van der Waals surface area (Å²) < 4.78 is 0. The minimum atomic E-state index is 0.551. The molecular weight excluding hydrogens is 234 g/mol. The Labute approximate surface area is 114 Å². The smallest absolute Gasteiger partial charge is 0.133 e.